The maximum absolute atomic E-state index is 5.55. The molecule has 2 N–H and O–H groups in total. The van der Waals surface area contributed by atoms with Gasteiger partial charge in [0.15, 0.2) is 0 Å². The van der Waals surface area contributed by atoms with Crippen LogP contribution >= 0.6 is 0 Å². The maximum atomic E-state index is 5.55. The molecule has 1 atom stereocenters. The van der Waals surface area contributed by atoms with Crippen molar-refractivity contribution in [1.29, 1.82) is 0 Å². The summed E-state index contributed by atoms with van der Waals surface area (Å²) in [4.78, 5) is 8.18. The molecule has 0 spiro atoms. The van der Waals surface area contributed by atoms with Crippen LogP contribution in [-0.2, 0) is 0 Å². The van der Waals surface area contributed by atoms with Crippen molar-refractivity contribution in [2.75, 3.05) is 0 Å². The van der Waals surface area contributed by atoms with E-state index in [9.17, 15) is 0 Å². The van der Waals surface area contributed by atoms with E-state index in [2.05, 4.69) is 9.97 Å². The molecular formula is C9H13N3. The van der Waals surface area contributed by atoms with Gasteiger partial charge < -0.3 is 5.73 Å². The number of nitrogens with two attached hydrogens (primary N) is 1. The maximum Gasteiger partial charge on any atom is 0.125 e. The molecule has 0 radical (unpaired) electrons. The number of rotatable bonds is 2. The lowest BCUT2D eigenvalue weighted by Gasteiger charge is -1.95. The van der Waals surface area contributed by atoms with Crippen LogP contribution in [0.1, 0.15) is 18.4 Å². The fraction of sp³-hybridized carbons (Fsp3) is 0.333. The number of aryl methyl sites for hydroxylation is 1. The molecule has 0 aliphatic heterocycles. The number of hydrogen-bond donors (Lipinski definition) is 1. The molecule has 1 unspecified atom stereocenters. The highest BCUT2D eigenvalue weighted by Gasteiger charge is 1.90. The summed E-state index contributed by atoms with van der Waals surface area (Å²) < 4.78 is 0. The normalized spacial score (nSPS) is 13.6. The molecule has 0 aliphatic rings. The van der Waals surface area contributed by atoms with Crippen LogP contribution in [0.2, 0.25) is 0 Å². The molecule has 3 heteroatoms. The zero-order chi connectivity index (χ0) is 8.97. The van der Waals surface area contributed by atoms with Crippen molar-refractivity contribution < 1.29 is 0 Å². The minimum atomic E-state index is 0.0697. The summed E-state index contributed by atoms with van der Waals surface area (Å²) in [6.07, 6.45) is 5.55. The van der Waals surface area contributed by atoms with Gasteiger partial charge in [0.1, 0.15) is 5.82 Å². The van der Waals surface area contributed by atoms with E-state index in [1.807, 2.05) is 32.1 Å². The van der Waals surface area contributed by atoms with Crippen LogP contribution in [0.3, 0.4) is 0 Å². The predicted molar refractivity (Wildman–Crippen MR) is 49.5 cm³/mol. The van der Waals surface area contributed by atoms with Gasteiger partial charge in [0.05, 0.1) is 5.69 Å². The van der Waals surface area contributed by atoms with Gasteiger partial charge >= 0.3 is 0 Å². The van der Waals surface area contributed by atoms with Crippen LogP contribution in [0, 0.1) is 6.92 Å². The van der Waals surface area contributed by atoms with E-state index in [-0.39, 0.29) is 6.04 Å². The molecule has 1 aromatic heterocycles. The topological polar surface area (TPSA) is 51.8 Å². The zero-order valence-electron chi connectivity index (χ0n) is 7.36. The number of hydrogen-bond acceptors (Lipinski definition) is 3. The Morgan fingerprint density at radius 3 is 2.92 bits per heavy atom. The molecule has 0 fully saturated rings. The Kier molecular flexibility index (Phi) is 2.94. The van der Waals surface area contributed by atoms with Crippen molar-refractivity contribution in [3.63, 3.8) is 0 Å². The van der Waals surface area contributed by atoms with Gasteiger partial charge in [-0.3, -0.25) is 0 Å². The third kappa shape index (κ3) is 2.80. The Labute approximate surface area is 72.3 Å². The number of aromatic nitrogens is 2. The summed E-state index contributed by atoms with van der Waals surface area (Å²) in [7, 11) is 0. The van der Waals surface area contributed by atoms with E-state index >= 15 is 0 Å². The van der Waals surface area contributed by atoms with Crippen LogP contribution < -0.4 is 5.73 Å². The van der Waals surface area contributed by atoms with Gasteiger partial charge in [-0.25, -0.2) is 9.97 Å². The molecule has 0 amide bonds. The van der Waals surface area contributed by atoms with Crippen molar-refractivity contribution in [1.82, 2.24) is 9.97 Å². The van der Waals surface area contributed by atoms with Crippen LogP contribution in [0.15, 0.2) is 18.3 Å². The summed E-state index contributed by atoms with van der Waals surface area (Å²) in [5.41, 5.74) is 6.45. The van der Waals surface area contributed by atoms with Crippen molar-refractivity contribution in [2.24, 2.45) is 5.73 Å². The summed E-state index contributed by atoms with van der Waals surface area (Å²) in [6.45, 7) is 3.79. The molecule has 3 nitrogen and oxygen atoms in total. The predicted octanol–water partition coefficient (Wildman–Crippen LogP) is 1.15. The van der Waals surface area contributed by atoms with E-state index in [0.717, 1.165) is 11.5 Å². The molecule has 1 aromatic rings. The smallest absolute Gasteiger partial charge is 0.125 e. The average molecular weight is 163 g/mol. The molecule has 0 bridgehead atoms. The standard InChI is InChI=1S/C9H13N3/c1-7(10)3-4-9-5-6-11-8(2)12-9/h3-7H,10H2,1-2H3/b4-3+. The molecule has 12 heavy (non-hydrogen) atoms. The second-order valence-corrected chi connectivity index (χ2v) is 2.75. The third-order valence-corrected chi connectivity index (χ3v) is 1.37. The van der Waals surface area contributed by atoms with Crippen molar-refractivity contribution >= 4 is 6.08 Å². The van der Waals surface area contributed by atoms with Gasteiger partial charge in [0.2, 0.25) is 0 Å². The van der Waals surface area contributed by atoms with E-state index < -0.39 is 0 Å². The largest absolute Gasteiger partial charge is 0.325 e. The first-order valence-corrected chi connectivity index (χ1v) is 3.92. The lowest BCUT2D eigenvalue weighted by molar-refractivity contribution is 0.929. The summed E-state index contributed by atoms with van der Waals surface area (Å²) in [5, 5.41) is 0. The monoisotopic (exact) mass is 163 g/mol. The lowest BCUT2D eigenvalue weighted by atomic mass is 10.3. The van der Waals surface area contributed by atoms with Crippen LogP contribution in [-0.4, -0.2) is 16.0 Å². The van der Waals surface area contributed by atoms with Crippen LogP contribution in [0.4, 0.5) is 0 Å². The Morgan fingerprint density at radius 2 is 2.33 bits per heavy atom. The first-order valence-electron chi connectivity index (χ1n) is 3.92. The molecule has 1 heterocycles. The van der Waals surface area contributed by atoms with E-state index in [0.29, 0.717) is 0 Å². The van der Waals surface area contributed by atoms with Gasteiger partial charge in [0, 0.05) is 12.2 Å². The summed E-state index contributed by atoms with van der Waals surface area (Å²) >= 11 is 0. The highest BCUT2D eigenvalue weighted by Crippen LogP contribution is 1.97. The van der Waals surface area contributed by atoms with Crippen LogP contribution in [0.5, 0.6) is 0 Å². The molecule has 0 aromatic carbocycles. The van der Waals surface area contributed by atoms with E-state index in [1.165, 1.54) is 0 Å². The van der Waals surface area contributed by atoms with Gasteiger partial charge in [-0.1, -0.05) is 6.08 Å². The van der Waals surface area contributed by atoms with Crippen molar-refractivity contribution in [3.05, 3.63) is 29.9 Å². The minimum absolute atomic E-state index is 0.0697. The molecule has 1 rings (SSSR count). The SMILES string of the molecule is Cc1nccc(/C=C/C(C)N)n1. The highest BCUT2D eigenvalue weighted by molar-refractivity contribution is 5.44. The first-order chi connectivity index (χ1) is 5.68. The van der Waals surface area contributed by atoms with Gasteiger partial charge in [-0.05, 0) is 26.0 Å². The van der Waals surface area contributed by atoms with E-state index in [4.69, 9.17) is 5.73 Å². The van der Waals surface area contributed by atoms with Gasteiger partial charge in [-0.15, -0.1) is 0 Å². The Morgan fingerprint density at radius 1 is 1.58 bits per heavy atom. The Balaban J connectivity index is 2.76. The second kappa shape index (κ2) is 3.97. The highest BCUT2D eigenvalue weighted by atomic mass is 14.9. The Hall–Kier alpha value is -1.22. The first kappa shape index (κ1) is 8.87. The van der Waals surface area contributed by atoms with Crippen molar-refractivity contribution in [3.8, 4) is 0 Å². The van der Waals surface area contributed by atoms with E-state index in [1.54, 1.807) is 6.20 Å². The molecule has 0 saturated carbocycles. The Bertz CT molecular complexity index is 279. The fourth-order valence-corrected chi connectivity index (χ4v) is 0.818. The average Bonchev–Trinajstić information content (AvgIpc) is 2.01. The van der Waals surface area contributed by atoms with Crippen molar-refractivity contribution in [2.45, 2.75) is 19.9 Å². The minimum Gasteiger partial charge on any atom is -0.325 e. The third-order valence-electron chi connectivity index (χ3n) is 1.37. The molecular weight excluding hydrogens is 150 g/mol. The zero-order valence-corrected chi connectivity index (χ0v) is 7.36. The number of nitrogens with zero attached hydrogens (tertiary/aromatic N) is 2. The molecule has 64 valence electrons. The fourth-order valence-electron chi connectivity index (χ4n) is 0.818. The quantitative estimate of drug-likeness (QED) is 0.711. The summed E-state index contributed by atoms with van der Waals surface area (Å²) in [5.74, 6) is 0.779. The van der Waals surface area contributed by atoms with Gasteiger partial charge in [-0.2, -0.15) is 0 Å². The molecule has 0 aliphatic carbocycles. The summed E-state index contributed by atoms with van der Waals surface area (Å²) in [6, 6.07) is 1.92. The lowest BCUT2D eigenvalue weighted by Crippen LogP contribution is -2.10. The van der Waals surface area contributed by atoms with Crippen LogP contribution in [0.25, 0.3) is 6.08 Å². The molecule has 0 saturated heterocycles. The van der Waals surface area contributed by atoms with Gasteiger partial charge in [0.25, 0.3) is 0 Å². The second-order valence-electron chi connectivity index (χ2n) is 2.75.